The molecule has 0 bridgehead atoms. The molecule has 1 aliphatic heterocycles. The lowest BCUT2D eigenvalue weighted by atomic mass is 9.97. The molecule has 1 atom stereocenters. The van der Waals surface area contributed by atoms with Crippen LogP contribution in [0.25, 0.3) is 0 Å². The smallest absolute Gasteiger partial charge is 0.255 e. The Balaban J connectivity index is 1.44. The fraction of sp³-hybridized carbons (Fsp3) is 0.286. The Labute approximate surface area is 152 Å². The van der Waals surface area contributed by atoms with Crippen LogP contribution in [0, 0.1) is 0 Å². The first-order chi connectivity index (χ1) is 12.8. The number of oxazole rings is 1. The van der Waals surface area contributed by atoms with Crippen molar-refractivity contribution >= 4 is 5.91 Å². The molecular weight excluding hydrogens is 326 g/mol. The lowest BCUT2D eigenvalue weighted by molar-refractivity contribution is 0.0697. The van der Waals surface area contributed by atoms with Gasteiger partial charge in [-0.05, 0) is 30.5 Å². The molecule has 132 valence electrons. The van der Waals surface area contributed by atoms with Gasteiger partial charge in [0, 0.05) is 31.9 Å². The van der Waals surface area contributed by atoms with E-state index in [1.807, 2.05) is 35.4 Å². The molecule has 1 amide bonds. The molecule has 2 aromatic heterocycles. The zero-order valence-electron chi connectivity index (χ0n) is 14.5. The third-order valence-electron chi connectivity index (χ3n) is 4.76. The second-order valence-corrected chi connectivity index (χ2v) is 6.66. The van der Waals surface area contributed by atoms with Crippen molar-refractivity contribution in [1.29, 1.82) is 0 Å². The first-order valence-electron chi connectivity index (χ1n) is 8.97. The minimum absolute atomic E-state index is 0.0267. The van der Waals surface area contributed by atoms with E-state index in [-0.39, 0.29) is 11.8 Å². The highest BCUT2D eigenvalue weighted by Gasteiger charge is 2.28. The van der Waals surface area contributed by atoms with Crippen molar-refractivity contribution in [2.45, 2.75) is 25.2 Å². The summed E-state index contributed by atoms with van der Waals surface area (Å²) in [6.45, 7) is 1.40. The van der Waals surface area contributed by atoms with E-state index in [9.17, 15) is 4.79 Å². The zero-order valence-corrected chi connectivity index (χ0v) is 14.5. The van der Waals surface area contributed by atoms with Gasteiger partial charge in [-0.2, -0.15) is 0 Å². The molecule has 0 unspecified atom stereocenters. The summed E-state index contributed by atoms with van der Waals surface area (Å²) in [5.41, 5.74) is 1.83. The fourth-order valence-electron chi connectivity index (χ4n) is 3.43. The van der Waals surface area contributed by atoms with Gasteiger partial charge in [0.2, 0.25) is 0 Å². The summed E-state index contributed by atoms with van der Waals surface area (Å²) in [5.74, 6) is 1.77. The molecular formula is C21H21N3O2. The largest absolute Gasteiger partial charge is 0.445 e. The van der Waals surface area contributed by atoms with Crippen LogP contribution in [0.1, 0.15) is 46.3 Å². The number of hydrogen-bond acceptors (Lipinski definition) is 4. The van der Waals surface area contributed by atoms with Crippen LogP contribution >= 0.6 is 0 Å². The number of carbonyl (C=O) groups is 1. The molecule has 5 nitrogen and oxygen atoms in total. The molecule has 1 saturated heterocycles. The minimum Gasteiger partial charge on any atom is -0.445 e. The average molecular weight is 347 g/mol. The Bertz CT molecular complexity index is 861. The predicted octanol–water partition coefficient (Wildman–Crippen LogP) is 3.68. The summed E-state index contributed by atoms with van der Waals surface area (Å²) in [6, 6.07) is 13.8. The van der Waals surface area contributed by atoms with Crippen LogP contribution in [-0.2, 0) is 6.42 Å². The lowest BCUT2D eigenvalue weighted by Crippen LogP contribution is -2.39. The van der Waals surface area contributed by atoms with Crippen molar-refractivity contribution in [2.75, 3.05) is 13.1 Å². The number of carbonyl (C=O) groups excluding carboxylic acids is 1. The Morgan fingerprint density at radius 3 is 2.85 bits per heavy atom. The van der Waals surface area contributed by atoms with E-state index in [1.165, 1.54) is 5.56 Å². The van der Waals surface area contributed by atoms with Crippen molar-refractivity contribution in [3.05, 3.63) is 83.8 Å². The van der Waals surface area contributed by atoms with Gasteiger partial charge in [0.15, 0.2) is 5.89 Å². The quantitative estimate of drug-likeness (QED) is 0.722. The molecule has 3 heterocycles. The Morgan fingerprint density at radius 1 is 1.15 bits per heavy atom. The zero-order chi connectivity index (χ0) is 17.8. The topological polar surface area (TPSA) is 59.2 Å². The summed E-state index contributed by atoms with van der Waals surface area (Å²) < 4.78 is 6.00. The highest BCUT2D eigenvalue weighted by Crippen LogP contribution is 2.28. The van der Waals surface area contributed by atoms with Crippen LogP contribution in [-0.4, -0.2) is 33.9 Å². The average Bonchev–Trinajstić information content (AvgIpc) is 3.17. The number of aromatic nitrogens is 2. The van der Waals surface area contributed by atoms with Crippen molar-refractivity contribution < 1.29 is 9.21 Å². The van der Waals surface area contributed by atoms with Gasteiger partial charge in [0.1, 0.15) is 5.76 Å². The molecule has 0 aliphatic carbocycles. The molecule has 1 aliphatic rings. The van der Waals surface area contributed by atoms with Gasteiger partial charge in [-0.25, -0.2) is 4.98 Å². The maximum Gasteiger partial charge on any atom is 0.255 e. The highest BCUT2D eigenvalue weighted by molar-refractivity contribution is 5.93. The van der Waals surface area contributed by atoms with Gasteiger partial charge < -0.3 is 9.32 Å². The fourth-order valence-corrected chi connectivity index (χ4v) is 3.43. The minimum atomic E-state index is 0.0267. The number of amides is 1. The molecule has 4 rings (SSSR count). The molecule has 0 saturated carbocycles. The molecule has 0 N–H and O–H groups in total. The number of likely N-dealkylation sites (tertiary alicyclic amines) is 1. The van der Waals surface area contributed by atoms with Gasteiger partial charge in [-0.1, -0.05) is 30.3 Å². The molecule has 5 heteroatoms. The van der Waals surface area contributed by atoms with E-state index >= 15 is 0 Å². The maximum absolute atomic E-state index is 12.7. The summed E-state index contributed by atoms with van der Waals surface area (Å²) in [5, 5.41) is 0. The van der Waals surface area contributed by atoms with E-state index in [0.717, 1.165) is 37.5 Å². The number of pyridine rings is 1. The predicted molar refractivity (Wildman–Crippen MR) is 97.9 cm³/mol. The van der Waals surface area contributed by atoms with Crippen LogP contribution in [0.15, 0.2) is 65.5 Å². The van der Waals surface area contributed by atoms with E-state index in [4.69, 9.17) is 4.42 Å². The maximum atomic E-state index is 12.7. The number of hydrogen-bond donors (Lipinski definition) is 0. The molecule has 1 fully saturated rings. The molecule has 0 radical (unpaired) electrons. The molecule has 0 spiro atoms. The SMILES string of the molecule is O=C(c1cccnc1)N1CCC[C@H](c2ncc(Cc3ccccc3)o2)C1. The number of nitrogens with zero attached hydrogens (tertiary/aromatic N) is 3. The third-order valence-corrected chi connectivity index (χ3v) is 4.76. The van der Waals surface area contributed by atoms with E-state index in [1.54, 1.807) is 18.5 Å². The molecule has 26 heavy (non-hydrogen) atoms. The van der Waals surface area contributed by atoms with Crippen LogP contribution < -0.4 is 0 Å². The first kappa shape index (κ1) is 16.5. The number of benzene rings is 1. The normalized spacial score (nSPS) is 17.2. The van der Waals surface area contributed by atoms with Crippen molar-refractivity contribution in [2.24, 2.45) is 0 Å². The second kappa shape index (κ2) is 7.52. The Kier molecular flexibility index (Phi) is 4.78. The van der Waals surface area contributed by atoms with Gasteiger partial charge in [0.25, 0.3) is 5.91 Å². The van der Waals surface area contributed by atoms with Crippen molar-refractivity contribution in [1.82, 2.24) is 14.9 Å². The monoisotopic (exact) mass is 347 g/mol. The standard InChI is InChI=1S/C21H21N3O2/c25-21(17-8-4-10-22-13-17)24-11-5-9-18(15-24)20-23-14-19(26-20)12-16-6-2-1-3-7-16/h1-4,6-8,10,13-14,18H,5,9,11-12,15H2/t18-/m0/s1. The summed E-state index contributed by atoms with van der Waals surface area (Å²) in [6.07, 6.45) is 7.78. The van der Waals surface area contributed by atoms with Crippen LogP contribution in [0.3, 0.4) is 0 Å². The van der Waals surface area contributed by atoms with E-state index < -0.39 is 0 Å². The van der Waals surface area contributed by atoms with E-state index in [2.05, 4.69) is 22.1 Å². The second-order valence-electron chi connectivity index (χ2n) is 6.66. The van der Waals surface area contributed by atoms with Crippen LogP contribution in [0.4, 0.5) is 0 Å². The van der Waals surface area contributed by atoms with Crippen LogP contribution in [0.5, 0.6) is 0 Å². The third kappa shape index (κ3) is 3.67. The molecule has 1 aromatic carbocycles. The lowest BCUT2D eigenvalue weighted by Gasteiger charge is -2.31. The van der Waals surface area contributed by atoms with Gasteiger partial charge >= 0.3 is 0 Å². The van der Waals surface area contributed by atoms with E-state index in [0.29, 0.717) is 12.1 Å². The Morgan fingerprint density at radius 2 is 2.04 bits per heavy atom. The van der Waals surface area contributed by atoms with Crippen LogP contribution in [0.2, 0.25) is 0 Å². The van der Waals surface area contributed by atoms with Gasteiger partial charge in [-0.3, -0.25) is 9.78 Å². The van der Waals surface area contributed by atoms with Crippen molar-refractivity contribution in [3.63, 3.8) is 0 Å². The van der Waals surface area contributed by atoms with Gasteiger partial charge in [0.05, 0.1) is 17.7 Å². The first-order valence-corrected chi connectivity index (χ1v) is 8.97. The number of piperidine rings is 1. The molecule has 3 aromatic rings. The highest BCUT2D eigenvalue weighted by atomic mass is 16.4. The van der Waals surface area contributed by atoms with Gasteiger partial charge in [-0.15, -0.1) is 0 Å². The summed E-state index contributed by atoms with van der Waals surface area (Å²) in [7, 11) is 0. The summed E-state index contributed by atoms with van der Waals surface area (Å²) in [4.78, 5) is 23.1. The van der Waals surface area contributed by atoms with Crippen molar-refractivity contribution in [3.8, 4) is 0 Å². The summed E-state index contributed by atoms with van der Waals surface area (Å²) >= 11 is 0. The Hall–Kier alpha value is -2.95. The number of rotatable bonds is 4.